The Bertz CT molecular complexity index is 673. The summed E-state index contributed by atoms with van der Waals surface area (Å²) >= 11 is 0. The first-order valence-corrected chi connectivity index (χ1v) is 6.73. The fraction of sp³-hybridized carbons (Fsp3) is 0.583. The number of aliphatic hydroxyl groups is 2. The molecule has 2 fully saturated rings. The minimum absolute atomic E-state index is 0.186. The first-order chi connectivity index (χ1) is 10.2. The Kier molecular flexibility index (Phi) is 2.82. The van der Waals surface area contributed by atoms with Gasteiger partial charge in [-0.25, -0.2) is 15.0 Å². The molecule has 4 heterocycles. The number of fused-ring (bicyclic) bond motifs is 1. The van der Waals surface area contributed by atoms with Gasteiger partial charge in [-0.3, -0.25) is 4.57 Å². The van der Waals surface area contributed by atoms with Gasteiger partial charge in [-0.1, -0.05) is 0 Å². The third-order valence-corrected chi connectivity index (χ3v) is 4.04. The van der Waals surface area contributed by atoms with Crippen LogP contribution in [0.4, 0.5) is 5.82 Å². The zero-order valence-corrected chi connectivity index (χ0v) is 11.0. The monoisotopic (exact) mass is 293 g/mol. The minimum Gasteiger partial charge on any atom is -0.387 e. The summed E-state index contributed by atoms with van der Waals surface area (Å²) in [6.45, 7) is 0.649. The molecule has 1 unspecified atom stereocenters. The van der Waals surface area contributed by atoms with Crippen LogP contribution in [-0.4, -0.2) is 60.8 Å². The van der Waals surface area contributed by atoms with Crippen LogP contribution in [0.1, 0.15) is 12.6 Å². The molecule has 9 heteroatoms. The van der Waals surface area contributed by atoms with Gasteiger partial charge in [0.2, 0.25) is 0 Å². The summed E-state index contributed by atoms with van der Waals surface area (Å²) in [7, 11) is 0. The van der Waals surface area contributed by atoms with Gasteiger partial charge in [0, 0.05) is 6.61 Å². The Morgan fingerprint density at radius 2 is 2.05 bits per heavy atom. The van der Waals surface area contributed by atoms with Crippen molar-refractivity contribution < 1.29 is 19.7 Å². The number of hydrogen-bond acceptors (Lipinski definition) is 8. The fourth-order valence-corrected chi connectivity index (χ4v) is 2.79. The molecular weight excluding hydrogens is 278 g/mol. The van der Waals surface area contributed by atoms with E-state index in [0.29, 0.717) is 17.8 Å². The predicted molar refractivity (Wildman–Crippen MR) is 70.0 cm³/mol. The second kappa shape index (κ2) is 4.60. The number of nitrogens with two attached hydrogens (primary N) is 1. The maximum absolute atomic E-state index is 10.2. The zero-order chi connectivity index (χ0) is 14.6. The molecule has 0 radical (unpaired) electrons. The van der Waals surface area contributed by atoms with Crippen molar-refractivity contribution in [2.45, 2.75) is 37.1 Å². The van der Waals surface area contributed by atoms with E-state index < -0.39 is 24.5 Å². The van der Waals surface area contributed by atoms with E-state index in [2.05, 4.69) is 15.0 Å². The minimum atomic E-state index is -1.09. The summed E-state index contributed by atoms with van der Waals surface area (Å²) in [5.74, 6) is 0.255. The molecule has 2 aromatic rings. The van der Waals surface area contributed by atoms with E-state index in [1.807, 2.05) is 0 Å². The Morgan fingerprint density at radius 3 is 2.76 bits per heavy atom. The first kappa shape index (κ1) is 12.9. The molecule has 0 amide bonds. The van der Waals surface area contributed by atoms with Gasteiger partial charge in [-0.15, -0.1) is 0 Å². The number of hydrogen-bond donors (Lipinski definition) is 3. The van der Waals surface area contributed by atoms with Gasteiger partial charge in [0.1, 0.15) is 30.2 Å². The highest BCUT2D eigenvalue weighted by Gasteiger charge is 2.49. The molecule has 0 aromatic carbocycles. The van der Waals surface area contributed by atoms with Gasteiger partial charge in [0.05, 0.1) is 12.4 Å². The molecule has 0 aliphatic carbocycles. The highest BCUT2D eigenvalue weighted by molar-refractivity contribution is 5.81. The van der Waals surface area contributed by atoms with E-state index in [-0.39, 0.29) is 11.9 Å². The number of aliphatic hydroxyl groups excluding tert-OH is 2. The quantitative estimate of drug-likeness (QED) is 0.631. The molecule has 5 atom stereocenters. The van der Waals surface area contributed by atoms with Gasteiger partial charge in [0.15, 0.2) is 17.7 Å². The van der Waals surface area contributed by atoms with E-state index in [1.165, 1.54) is 12.7 Å². The Morgan fingerprint density at radius 1 is 1.24 bits per heavy atom. The first-order valence-electron chi connectivity index (χ1n) is 6.73. The van der Waals surface area contributed by atoms with Crippen LogP contribution in [0.2, 0.25) is 0 Å². The van der Waals surface area contributed by atoms with E-state index in [0.717, 1.165) is 6.42 Å². The number of rotatable bonds is 2. The molecule has 2 saturated heterocycles. The molecule has 2 aliphatic rings. The number of nitrogens with zero attached hydrogens (tertiary/aromatic N) is 4. The van der Waals surface area contributed by atoms with Gasteiger partial charge < -0.3 is 25.4 Å². The smallest absolute Gasteiger partial charge is 0.167 e. The largest absolute Gasteiger partial charge is 0.387 e. The van der Waals surface area contributed by atoms with Gasteiger partial charge in [0.25, 0.3) is 0 Å². The summed E-state index contributed by atoms with van der Waals surface area (Å²) in [4.78, 5) is 12.1. The SMILES string of the molecule is Nc1ncnc2c1ncn2[C@@H]1O[C@H](C2CCO2)[C@@H](O)[C@H]1O. The number of ether oxygens (including phenoxy) is 2. The summed E-state index contributed by atoms with van der Waals surface area (Å²) in [6, 6.07) is 0. The molecule has 4 rings (SSSR count). The molecule has 21 heavy (non-hydrogen) atoms. The van der Waals surface area contributed by atoms with Crippen LogP contribution >= 0.6 is 0 Å². The summed E-state index contributed by atoms with van der Waals surface area (Å²) in [5.41, 5.74) is 6.63. The lowest BCUT2D eigenvalue weighted by Gasteiger charge is -2.32. The van der Waals surface area contributed by atoms with E-state index in [9.17, 15) is 10.2 Å². The molecular formula is C12H15N5O4. The molecule has 0 saturated carbocycles. The van der Waals surface area contributed by atoms with E-state index in [1.54, 1.807) is 4.57 Å². The molecule has 0 bridgehead atoms. The summed E-state index contributed by atoms with van der Waals surface area (Å²) in [5, 5.41) is 20.4. The molecule has 0 spiro atoms. The van der Waals surface area contributed by atoms with Crippen molar-refractivity contribution in [1.82, 2.24) is 19.5 Å². The second-order valence-corrected chi connectivity index (χ2v) is 5.25. The lowest BCUT2D eigenvalue weighted by atomic mass is 10.0. The van der Waals surface area contributed by atoms with Crippen LogP contribution in [0.25, 0.3) is 11.2 Å². The number of aromatic nitrogens is 4. The average molecular weight is 293 g/mol. The van der Waals surface area contributed by atoms with Crippen LogP contribution in [0.3, 0.4) is 0 Å². The Balaban J connectivity index is 1.70. The van der Waals surface area contributed by atoms with Crippen LogP contribution < -0.4 is 5.73 Å². The lowest BCUT2D eigenvalue weighted by Crippen LogP contribution is -2.45. The molecule has 112 valence electrons. The van der Waals surface area contributed by atoms with Crippen molar-refractivity contribution in [2.75, 3.05) is 12.3 Å². The third-order valence-electron chi connectivity index (χ3n) is 4.04. The normalized spacial score (nSPS) is 36.0. The van der Waals surface area contributed by atoms with Crippen molar-refractivity contribution >= 4 is 17.0 Å². The van der Waals surface area contributed by atoms with E-state index >= 15 is 0 Å². The van der Waals surface area contributed by atoms with Crippen molar-refractivity contribution in [3.8, 4) is 0 Å². The van der Waals surface area contributed by atoms with E-state index in [4.69, 9.17) is 15.2 Å². The maximum Gasteiger partial charge on any atom is 0.167 e. The van der Waals surface area contributed by atoms with Crippen LogP contribution in [-0.2, 0) is 9.47 Å². The van der Waals surface area contributed by atoms with Crippen LogP contribution in [0, 0.1) is 0 Å². The second-order valence-electron chi connectivity index (χ2n) is 5.25. The molecule has 9 nitrogen and oxygen atoms in total. The third kappa shape index (κ3) is 1.82. The molecule has 4 N–H and O–H groups in total. The van der Waals surface area contributed by atoms with Crippen LogP contribution in [0.5, 0.6) is 0 Å². The topological polar surface area (TPSA) is 129 Å². The number of nitrogen functional groups attached to an aromatic ring is 1. The lowest BCUT2D eigenvalue weighted by molar-refractivity contribution is -0.158. The van der Waals surface area contributed by atoms with Crippen molar-refractivity contribution in [2.24, 2.45) is 0 Å². The van der Waals surface area contributed by atoms with Gasteiger partial charge in [-0.05, 0) is 6.42 Å². The highest BCUT2D eigenvalue weighted by atomic mass is 16.6. The fourth-order valence-electron chi connectivity index (χ4n) is 2.79. The van der Waals surface area contributed by atoms with Crippen molar-refractivity contribution in [3.05, 3.63) is 12.7 Å². The standard InChI is InChI=1S/C12H15N5O4/c13-10-6-11(15-3-14-10)17(4-16-6)12-8(19)7(18)9(21-12)5-1-2-20-5/h3-5,7-9,12,18-19H,1-2H2,(H2,13,14,15)/t5?,7-,8+,9+,12+/m0/s1. The Labute approximate surface area is 119 Å². The predicted octanol–water partition coefficient (Wildman–Crippen LogP) is -1.18. The molecule has 2 aromatic heterocycles. The van der Waals surface area contributed by atoms with Crippen molar-refractivity contribution in [3.63, 3.8) is 0 Å². The molecule has 2 aliphatic heterocycles. The average Bonchev–Trinajstić information content (AvgIpc) is 2.95. The van der Waals surface area contributed by atoms with Gasteiger partial charge >= 0.3 is 0 Å². The summed E-state index contributed by atoms with van der Waals surface area (Å²) < 4.78 is 12.7. The van der Waals surface area contributed by atoms with Crippen LogP contribution in [0.15, 0.2) is 12.7 Å². The summed E-state index contributed by atoms with van der Waals surface area (Å²) in [6.07, 6.45) is -0.0377. The highest BCUT2D eigenvalue weighted by Crippen LogP contribution is 2.36. The number of imidazole rings is 1. The Hall–Kier alpha value is -1.81. The van der Waals surface area contributed by atoms with Gasteiger partial charge in [-0.2, -0.15) is 0 Å². The zero-order valence-electron chi connectivity index (χ0n) is 11.0. The number of anilines is 1. The maximum atomic E-state index is 10.2. The van der Waals surface area contributed by atoms with Crippen molar-refractivity contribution in [1.29, 1.82) is 0 Å².